The van der Waals surface area contributed by atoms with Crippen molar-refractivity contribution in [3.8, 4) is 0 Å². The third-order valence-electron chi connectivity index (χ3n) is 4.42. The molecule has 126 valence electrons. The molecule has 0 aromatic carbocycles. The Hall–Kier alpha value is 0.190. The van der Waals surface area contributed by atoms with Gasteiger partial charge in [-0.2, -0.15) is 0 Å². The maximum absolute atomic E-state index is 9.49. The third-order valence-corrected chi connectivity index (χ3v) is 7.49. The molecule has 3 saturated heterocycles. The topological polar surface area (TPSA) is 88.4 Å². The fourth-order valence-electron chi connectivity index (χ4n) is 3.04. The summed E-state index contributed by atoms with van der Waals surface area (Å²) in [6, 6.07) is 0. The molecule has 3 N–H and O–H groups in total. The van der Waals surface area contributed by atoms with Crippen LogP contribution in [0.5, 0.6) is 0 Å². The molecular weight excluding hydrogens is 295 g/mol. The minimum absolute atomic E-state index is 0.0841. The molecule has 0 aliphatic carbocycles. The molecule has 3 fully saturated rings. The van der Waals surface area contributed by atoms with Crippen LogP contribution in [0, 0.1) is 5.92 Å². The normalized spacial score (nSPS) is 31.5. The first kappa shape index (κ1) is 17.5. The summed E-state index contributed by atoms with van der Waals surface area (Å²) in [7, 11) is -3.54. The van der Waals surface area contributed by atoms with Crippen LogP contribution in [-0.4, -0.2) is 40.6 Å². The van der Waals surface area contributed by atoms with Crippen LogP contribution in [-0.2, 0) is 13.6 Å². The summed E-state index contributed by atoms with van der Waals surface area (Å²) in [5.41, 5.74) is 0. The Balaban J connectivity index is 1.65. The van der Waals surface area contributed by atoms with Crippen molar-refractivity contribution >= 4 is 7.28 Å². The number of hydrogen-bond acceptors (Lipinski definition) is 6. The van der Waals surface area contributed by atoms with Gasteiger partial charge in [0.1, 0.15) is 0 Å². The Morgan fingerprint density at radius 3 is 1.86 bits per heavy atom. The maximum atomic E-state index is 9.49. The van der Waals surface area contributed by atoms with E-state index in [1.165, 1.54) is 32.1 Å². The van der Waals surface area contributed by atoms with Crippen molar-refractivity contribution in [3.05, 3.63) is 0 Å². The van der Waals surface area contributed by atoms with Crippen LogP contribution in [0.2, 0.25) is 0 Å². The molecule has 6 nitrogen and oxygen atoms in total. The summed E-state index contributed by atoms with van der Waals surface area (Å²) >= 11 is 0. The summed E-state index contributed by atoms with van der Waals surface area (Å²) in [5.74, 6) is -1.46. The monoisotopic (exact) mass is 324 g/mol. The van der Waals surface area contributed by atoms with Gasteiger partial charge >= 0.3 is 126 Å². The molecule has 3 heterocycles. The SMILES string of the molecule is CCCCCCCCCC(CO)C12OP(CO)(CO)(O1)O2. The van der Waals surface area contributed by atoms with Crippen LogP contribution in [0.4, 0.5) is 0 Å². The summed E-state index contributed by atoms with van der Waals surface area (Å²) in [6.07, 6.45) is 8.32. The van der Waals surface area contributed by atoms with Crippen molar-refractivity contribution in [2.24, 2.45) is 5.92 Å². The number of unbranched alkanes of at least 4 members (excludes halogenated alkanes) is 6. The van der Waals surface area contributed by atoms with Crippen LogP contribution < -0.4 is 0 Å². The first-order valence-electron chi connectivity index (χ1n) is 8.05. The van der Waals surface area contributed by atoms with Crippen molar-refractivity contribution in [2.75, 3.05) is 19.3 Å². The van der Waals surface area contributed by atoms with E-state index in [2.05, 4.69) is 6.92 Å². The van der Waals surface area contributed by atoms with Gasteiger partial charge in [0.2, 0.25) is 0 Å². The second-order valence-electron chi connectivity index (χ2n) is 6.17. The van der Waals surface area contributed by atoms with E-state index in [0.717, 1.165) is 19.3 Å². The number of aliphatic hydroxyl groups excluding tert-OH is 3. The van der Waals surface area contributed by atoms with E-state index < -0.39 is 26.0 Å². The zero-order valence-electron chi connectivity index (χ0n) is 12.9. The van der Waals surface area contributed by atoms with Gasteiger partial charge in [-0.05, 0) is 0 Å². The molecule has 7 heteroatoms. The zero-order chi connectivity index (χ0) is 15.4. The van der Waals surface area contributed by atoms with Gasteiger partial charge in [-0.1, -0.05) is 0 Å². The first-order valence-corrected chi connectivity index (χ1v) is 10.4. The van der Waals surface area contributed by atoms with Crippen LogP contribution in [0.25, 0.3) is 0 Å². The number of hydrogen-bond donors (Lipinski definition) is 3. The molecule has 0 amide bonds. The molecule has 3 aliphatic rings. The van der Waals surface area contributed by atoms with Crippen LogP contribution >= 0.6 is 7.28 Å². The predicted molar refractivity (Wildman–Crippen MR) is 80.3 cm³/mol. The van der Waals surface area contributed by atoms with Gasteiger partial charge in [-0.25, -0.2) is 0 Å². The molecule has 2 bridgehead atoms. The minimum atomic E-state index is -3.54. The zero-order valence-corrected chi connectivity index (χ0v) is 13.8. The Bertz CT molecular complexity index is 320. The van der Waals surface area contributed by atoms with Crippen LogP contribution in [0.3, 0.4) is 0 Å². The first-order chi connectivity index (χ1) is 10.1. The second-order valence-corrected chi connectivity index (χ2v) is 9.73. The van der Waals surface area contributed by atoms with Gasteiger partial charge in [0.25, 0.3) is 0 Å². The molecule has 0 spiro atoms. The van der Waals surface area contributed by atoms with Gasteiger partial charge in [-0.3, -0.25) is 0 Å². The molecule has 21 heavy (non-hydrogen) atoms. The van der Waals surface area contributed by atoms with E-state index >= 15 is 0 Å². The molecule has 0 aromatic rings. The summed E-state index contributed by atoms with van der Waals surface area (Å²) in [4.78, 5) is 0. The summed E-state index contributed by atoms with van der Waals surface area (Å²) < 4.78 is 16.7. The third kappa shape index (κ3) is 3.13. The van der Waals surface area contributed by atoms with Gasteiger partial charge in [0, 0.05) is 0 Å². The van der Waals surface area contributed by atoms with Crippen LogP contribution in [0.1, 0.15) is 58.3 Å². The quantitative estimate of drug-likeness (QED) is 0.378. The molecule has 0 aromatic heterocycles. The van der Waals surface area contributed by atoms with E-state index in [0.29, 0.717) is 0 Å². The molecule has 0 saturated carbocycles. The van der Waals surface area contributed by atoms with Gasteiger partial charge < -0.3 is 0 Å². The Morgan fingerprint density at radius 1 is 0.857 bits per heavy atom. The Labute approximate surface area is 126 Å². The number of aliphatic hydroxyl groups is 3. The van der Waals surface area contributed by atoms with Gasteiger partial charge in [0.15, 0.2) is 0 Å². The Kier molecular flexibility index (Phi) is 5.64. The van der Waals surface area contributed by atoms with E-state index in [9.17, 15) is 15.3 Å². The Morgan fingerprint density at radius 2 is 1.38 bits per heavy atom. The fourth-order valence-corrected chi connectivity index (χ4v) is 5.67. The second kappa shape index (κ2) is 6.75. The molecule has 0 radical (unpaired) electrons. The molecule has 3 rings (SSSR count). The van der Waals surface area contributed by atoms with Gasteiger partial charge in [-0.15, -0.1) is 0 Å². The predicted octanol–water partition coefficient (Wildman–Crippen LogP) is 2.66. The van der Waals surface area contributed by atoms with Crippen molar-refractivity contribution in [2.45, 2.75) is 64.3 Å². The fraction of sp³-hybridized carbons (Fsp3) is 1.00. The molecule has 1 atom stereocenters. The van der Waals surface area contributed by atoms with Gasteiger partial charge in [0.05, 0.1) is 0 Å². The summed E-state index contributed by atoms with van der Waals surface area (Å²) in [6.45, 7) is 2.12. The summed E-state index contributed by atoms with van der Waals surface area (Å²) in [5, 5.41) is 28.0. The van der Waals surface area contributed by atoms with Crippen molar-refractivity contribution < 1.29 is 28.9 Å². The van der Waals surface area contributed by atoms with Crippen molar-refractivity contribution in [1.82, 2.24) is 0 Å². The standard InChI is InChI=1S/C14H29O6P/c1-2-3-4-5-6-7-8-9-13(10-15)14-18-21(11-16,12-17,19-14)20-14/h13,15-17H,2-12H2,1H3. The molecule has 3 aliphatic heterocycles. The van der Waals surface area contributed by atoms with Crippen molar-refractivity contribution in [1.29, 1.82) is 0 Å². The average Bonchev–Trinajstić information content (AvgIpc) is 2.42. The number of rotatable bonds is 12. The van der Waals surface area contributed by atoms with E-state index in [1.807, 2.05) is 0 Å². The molecular formula is C14H29O6P. The molecule has 1 unspecified atom stereocenters. The van der Waals surface area contributed by atoms with Crippen molar-refractivity contribution in [3.63, 3.8) is 0 Å². The van der Waals surface area contributed by atoms with E-state index in [-0.39, 0.29) is 12.5 Å². The van der Waals surface area contributed by atoms with E-state index in [1.54, 1.807) is 0 Å². The van der Waals surface area contributed by atoms with E-state index in [4.69, 9.17) is 13.6 Å². The average molecular weight is 324 g/mol. The van der Waals surface area contributed by atoms with Crippen LogP contribution in [0.15, 0.2) is 0 Å².